The van der Waals surface area contributed by atoms with Gasteiger partial charge in [-0.05, 0) is 11.2 Å². The van der Waals surface area contributed by atoms with Gasteiger partial charge in [0.1, 0.15) is 0 Å². The van der Waals surface area contributed by atoms with Crippen LogP contribution in [0.15, 0.2) is 0 Å². The van der Waals surface area contributed by atoms with E-state index in [2.05, 4.69) is 11.2 Å². The first-order valence-corrected chi connectivity index (χ1v) is 3.05. The Morgan fingerprint density at radius 2 is 1.71 bits per heavy atom. The predicted octanol–water partition coefficient (Wildman–Crippen LogP) is -4.04. The monoisotopic (exact) mass is 188 g/mol. The molecular weight excluding hydrogens is 188 g/mol. The summed E-state index contributed by atoms with van der Waals surface area (Å²) in [6.07, 6.45) is 0. The molecule has 3 nitrogen and oxygen atoms in total. The van der Waals surface area contributed by atoms with E-state index in [0.717, 1.165) is 0 Å². The average molecular weight is 189 g/mol. The summed E-state index contributed by atoms with van der Waals surface area (Å²) < 4.78 is 25.3. The molecule has 1 atom stereocenters. The zero-order chi connectivity index (χ0) is 4.50. The largest absolute Gasteiger partial charge is 2.00 e. The Hall–Kier alpha value is 1.84. The molecule has 0 saturated carbocycles. The van der Waals surface area contributed by atoms with Crippen LogP contribution < -0.4 is 12.4 Å². The maximum Gasteiger partial charge on any atom is 2.00 e. The Bertz CT molecular complexity index is 96.1. The average Bonchev–Trinajstić information content (AvgIpc) is 0.722. The van der Waals surface area contributed by atoms with Gasteiger partial charge in [0.25, 0.3) is 0 Å². The van der Waals surface area contributed by atoms with Crippen LogP contribution in [0, 0.1) is 0 Å². The number of rotatable bonds is 0. The van der Waals surface area contributed by atoms with E-state index in [1.807, 2.05) is 0 Å². The van der Waals surface area contributed by atoms with Crippen LogP contribution in [0.25, 0.3) is 0 Å². The molecule has 0 aliphatic heterocycles. The standard InChI is InChI=1S/Ca.ClH.H2O3S2/c;;1-5(2,3)4/h;1H;(H2,1,2,3,4)/q+2;;/p-2. The summed E-state index contributed by atoms with van der Waals surface area (Å²) in [7, 11) is -4.08. The third kappa shape index (κ3) is 79.0. The first-order chi connectivity index (χ1) is 2.00. The van der Waals surface area contributed by atoms with Crippen molar-refractivity contribution in [3.63, 3.8) is 0 Å². The van der Waals surface area contributed by atoms with Crippen molar-refractivity contribution in [3.05, 3.63) is 0 Å². The summed E-state index contributed by atoms with van der Waals surface area (Å²) in [6.45, 7) is 0. The van der Waals surface area contributed by atoms with Crippen molar-refractivity contribution in [2.24, 2.45) is 0 Å². The van der Waals surface area contributed by atoms with Gasteiger partial charge in [-0.3, -0.25) is 0 Å². The predicted molar refractivity (Wildman–Crippen MR) is 24.7 cm³/mol. The van der Waals surface area contributed by atoms with Crippen LogP contribution >= 0.6 is 0 Å². The zero-order valence-corrected chi connectivity index (χ0v) is 7.76. The third-order valence-electron chi connectivity index (χ3n) is 0. The summed E-state index contributed by atoms with van der Waals surface area (Å²) in [5, 5.41) is 0. The molecule has 7 heavy (non-hydrogen) atoms. The molecule has 0 spiro atoms. The molecule has 0 aromatic carbocycles. The second-order valence-corrected chi connectivity index (χ2v) is 2.55. The normalized spacial score (nSPS) is 15.1. The van der Waals surface area contributed by atoms with Gasteiger partial charge in [0.05, 0.1) is 9.05 Å². The molecule has 0 saturated heterocycles. The topological polar surface area (TPSA) is 60.4 Å². The van der Waals surface area contributed by atoms with Gasteiger partial charge in [-0.2, -0.15) is 0 Å². The molecule has 40 valence electrons. The van der Waals surface area contributed by atoms with Gasteiger partial charge in [-0.15, -0.1) is 0 Å². The van der Waals surface area contributed by atoms with Gasteiger partial charge in [0, 0.05) is 0 Å². The molecule has 0 fully saturated rings. The molecule has 0 aromatic rings. The van der Waals surface area contributed by atoms with Gasteiger partial charge >= 0.3 is 37.7 Å². The summed E-state index contributed by atoms with van der Waals surface area (Å²) >= 11 is 3.35. The van der Waals surface area contributed by atoms with Crippen molar-refractivity contribution in [1.82, 2.24) is 0 Å². The molecule has 0 radical (unpaired) electrons. The molecule has 0 heterocycles. The maximum absolute atomic E-state index is 9.00. The van der Waals surface area contributed by atoms with E-state index in [4.69, 9.17) is 13.3 Å². The molecule has 1 unspecified atom stereocenters. The first kappa shape index (κ1) is 15.9. The second-order valence-electron chi connectivity index (χ2n) is 0.428. The van der Waals surface area contributed by atoms with Crippen LogP contribution in [0.4, 0.5) is 0 Å². The summed E-state index contributed by atoms with van der Waals surface area (Å²) in [5.74, 6) is 0. The fourth-order valence-electron chi connectivity index (χ4n) is 0. The summed E-state index contributed by atoms with van der Waals surface area (Å²) in [5.41, 5.74) is 0. The molecule has 0 aliphatic carbocycles. The Morgan fingerprint density at radius 1 is 1.71 bits per heavy atom. The van der Waals surface area contributed by atoms with Crippen molar-refractivity contribution < 1.29 is 25.7 Å². The van der Waals surface area contributed by atoms with E-state index in [-0.39, 0.29) is 50.1 Å². The molecule has 0 rings (SSSR count). The molecule has 1 N–H and O–H groups in total. The van der Waals surface area contributed by atoms with Crippen LogP contribution in [0.2, 0.25) is 0 Å². The molecule has 0 bridgehead atoms. The summed E-state index contributed by atoms with van der Waals surface area (Å²) in [6, 6.07) is 0. The second kappa shape index (κ2) is 5.97. The number of hydrogen-bond donors (Lipinski definition) is 1. The van der Waals surface area contributed by atoms with Crippen LogP contribution in [0.1, 0.15) is 0 Å². The minimum Gasteiger partial charge on any atom is -1.00 e. The molecular formula is HCaClO3S2. The van der Waals surface area contributed by atoms with Gasteiger partial charge < -0.3 is 21.5 Å². The van der Waals surface area contributed by atoms with Crippen LogP contribution in [0.3, 0.4) is 0 Å². The molecule has 0 aliphatic rings. The molecule has 7 heteroatoms. The van der Waals surface area contributed by atoms with Crippen LogP contribution in [-0.4, -0.2) is 51.1 Å². The van der Waals surface area contributed by atoms with Crippen molar-refractivity contribution in [2.75, 3.05) is 0 Å². The zero-order valence-electron chi connectivity index (χ0n) is 3.17. The Balaban J connectivity index is -0.0000000800. The number of halogens is 1. The van der Waals surface area contributed by atoms with Crippen LogP contribution in [-0.2, 0) is 20.2 Å². The van der Waals surface area contributed by atoms with E-state index < -0.39 is 9.05 Å². The number of hydrogen-bond acceptors (Lipinski definition) is 3. The van der Waals surface area contributed by atoms with Crippen LogP contribution in [0.5, 0.6) is 0 Å². The quantitative estimate of drug-likeness (QED) is 0.394. The van der Waals surface area contributed by atoms with E-state index in [1.165, 1.54) is 0 Å². The first-order valence-electron chi connectivity index (χ1n) is 0.683. The van der Waals surface area contributed by atoms with Gasteiger partial charge in [0.2, 0.25) is 0 Å². The van der Waals surface area contributed by atoms with E-state index >= 15 is 0 Å². The fraction of sp³-hybridized carbons (Fsp3) is 0. The Morgan fingerprint density at radius 3 is 1.71 bits per heavy atom. The van der Waals surface area contributed by atoms with Gasteiger partial charge in [-0.1, -0.05) is 0 Å². The van der Waals surface area contributed by atoms with Crippen molar-refractivity contribution in [1.29, 1.82) is 0 Å². The van der Waals surface area contributed by atoms with Crippen molar-refractivity contribution >= 4 is 58.0 Å². The van der Waals surface area contributed by atoms with E-state index in [1.54, 1.807) is 0 Å². The smallest absolute Gasteiger partial charge is 1.00 e. The minimum absolute atomic E-state index is 0. The van der Waals surface area contributed by atoms with Crippen molar-refractivity contribution in [3.8, 4) is 0 Å². The Kier molecular flexibility index (Phi) is 13.6. The summed E-state index contributed by atoms with van der Waals surface area (Å²) in [4.78, 5) is 0. The third-order valence-corrected chi connectivity index (χ3v) is 0. The molecule has 0 aromatic heterocycles. The Labute approximate surface area is 82.6 Å². The van der Waals surface area contributed by atoms with Gasteiger partial charge in [0.15, 0.2) is 0 Å². The van der Waals surface area contributed by atoms with Gasteiger partial charge in [-0.25, -0.2) is 4.21 Å². The minimum atomic E-state index is -4.08. The maximum atomic E-state index is 9.00. The van der Waals surface area contributed by atoms with E-state index in [9.17, 15) is 0 Å². The van der Waals surface area contributed by atoms with Crippen molar-refractivity contribution in [2.45, 2.75) is 0 Å². The van der Waals surface area contributed by atoms with E-state index in [0.29, 0.717) is 0 Å². The SMILES string of the molecule is O=S([O-])(O)=S.[Ca+2].[Cl-]. The molecule has 0 amide bonds. The fourth-order valence-corrected chi connectivity index (χ4v) is 0.